The molecule has 0 spiro atoms. The number of hydrogen-bond donors (Lipinski definition) is 1. The Bertz CT molecular complexity index is 495. The third kappa shape index (κ3) is 3.69. The van der Waals surface area contributed by atoms with Crippen LogP contribution in [0.15, 0.2) is 41.8 Å². The predicted molar refractivity (Wildman–Crippen MR) is 86.3 cm³/mol. The van der Waals surface area contributed by atoms with Crippen molar-refractivity contribution in [2.45, 2.75) is 19.4 Å². The van der Waals surface area contributed by atoms with Crippen LogP contribution in [0.4, 0.5) is 0 Å². The lowest BCUT2D eigenvalue weighted by atomic mass is 10.0. The van der Waals surface area contributed by atoms with Crippen molar-refractivity contribution >= 4 is 11.3 Å². The summed E-state index contributed by atoms with van der Waals surface area (Å²) in [5.41, 5.74) is 3.09. The quantitative estimate of drug-likeness (QED) is 0.850. The summed E-state index contributed by atoms with van der Waals surface area (Å²) < 4.78 is 0. The molecule has 2 heterocycles. The fourth-order valence-corrected chi connectivity index (χ4v) is 3.47. The van der Waals surface area contributed by atoms with E-state index < -0.39 is 0 Å². The molecule has 1 aliphatic rings. The Hall–Kier alpha value is -1.16. The number of benzene rings is 1. The van der Waals surface area contributed by atoms with Gasteiger partial charge in [0.2, 0.25) is 0 Å². The first-order chi connectivity index (χ1) is 9.92. The van der Waals surface area contributed by atoms with E-state index in [1.54, 1.807) is 11.1 Å². The van der Waals surface area contributed by atoms with Crippen LogP contribution in [0.3, 0.4) is 0 Å². The Morgan fingerprint density at radius 3 is 2.40 bits per heavy atom. The smallest absolute Gasteiger partial charge is 0.0300 e. The Balaban J connectivity index is 1.41. The normalized spacial score (nSPS) is 15.8. The zero-order valence-electron chi connectivity index (χ0n) is 11.8. The van der Waals surface area contributed by atoms with E-state index in [4.69, 9.17) is 0 Å². The molecule has 0 saturated heterocycles. The van der Waals surface area contributed by atoms with Crippen LogP contribution in [0.1, 0.15) is 16.0 Å². The van der Waals surface area contributed by atoms with Gasteiger partial charge in [0.15, 0.2) is 0 Å². The summed E-state index contributed by atoms with van der Waals surface area (Å²) in [5, 5.41) is 5.69. The van der Waals surface area contributed by atoms with Gasteiger partial charge in [-0.25, -0.2) is 0 Å². The highest BCUT2D eigenvalue weighted by Gasteiger charge is 2.12. The van der Waals surface area contributed by atoms with Crippen molar-refractivity contribution in [1.82, 2.24) is 10.2 Å². The molecule has 0 unspecified atom stereocenters. The molecule has 0 aliphatic carbocycles. The minimum Gasteiger partial charge on any atom is -0.311 e. The number of hydrogen-bond acceptors (Lipinski definition) is 3. The number of nitrogens with one attached hydrogen (secondary N) is 1. The molecular formula is C17H22N2S. The summed E-state index contributed by atoms with van der Waals surface area (Å²) in [4.78, 5) is 4.01. The highest BCUT2D eigenvalue weighted by atomic mass is 32.1. The number of rotatable bonds is 5. The first kappa shape index (κ1) is 13.8. The highest BCUT2D eigenvalue weighted by Crippen LogP contribution is 2.15. The van der Waals surface area contributed by atoms with Crippen LogP contribution in [0.5, 0.6) is 0 Å². The molecule has 0 saturated carbocycles. The van der Waals surface area contributed by atoms with Crippen molar-refractivity contribution in [3.05, 3.63) is 57.8 Å². The van der Waals surface area contributed by atoms with Crippen molar-refractivity contribution in [3.8, 4) is 0 Å². The molecule has 0 atom stereocenters. The predicted octanol–water partition coefficient (Wildman–Crippen LogP) is 2.94. The van der Waals surface area contributed by atoms with Crippen LogP contribution in [-0.4, -0.2) is 31.1 Å². The maximum atomic E-state index is 3.55. The number of fused-ring (bicyclic) bond motifs is 1. The molecule has 0 radical (unpaired) electrons. The Morgan fingerprint density at radius 2 is 1.75 bits per heavy atom. The lowest BCUT2D eigenvalue weighted by Gasteiger charge is -2.19. The molecule has 2 nitrogen and oxygen atoms in total. The summed E-state index contributed by atoms with van der Waals surface area (Å²) in [6.45, 7) is 5.62. The molecule has 2 aromatic rings. The Morgan fingerprint density at radius 1 is 1.00 bits per heavy atom. The second-order valence-corrected chi connectivity index (χ2v) is 6.40. The lowest BCUT2D eigenvalue weighted by molar-refractivity contribution is 0.286. The number of nitrogens with zero attached hydrogens (tertiary/aromatic N) is 1. The SMILES string of the molecule is c1csc(CNCCN2CCc3ccccc3CC2)c1. The third-order valence-corrected chi connectivity index (χ3v) is 4.87. The molecule has 106 valence electrons. The molecule has 3 rings (SSSR count). The van der Waals surface area contributed by atoms with E-state index in [2.05, 4.69) is 52.0 Å². The van der Waals surface area contributed by atoms with E-state index >= 15 is 0 Å². The molecule has 0 bridgehead atoms. The van der Waals surface area contributed by atoms with Crippen molar-refractivity contribution in [2.24, 2.45) is 0 Å². The average Bonchev–Trinajstić information content (AvgIpc) is 2.91. The van der Waals surface area contributed by atoms with E-state index in [-0.39, 0.29) is 0 Å². The van der Waals surface area contributed by atoms with Crippen LogP contribution in [-0.2, 0) is 19.4 Å². The maximum Gasteiger partial charge on any atom is 0.0300 e. The second-order valence-electron chi connectivity index (χ2n) is 5.37. The van der Waals surface area contributed by atoms with Gasteiger partial charge in [-0.3, -0.25) is 0 Å². The van der Waals surface area contributed by atoms with Gasteiger partial charge in [0.05, 0.1) is 0 Å². The molecule has 1 N–H and O–H groups in total. The van der Waals surface area contributed by atoms with E-state index in [0.29, 0.717) is 0 Å². The molecule has 20 heavy (non-hydrogen) atoms. The minimum absolute atomic E-state index is 1.01. The van der Waals surface area contributed by atoms with E-state index in [1.165, 1.54) is 30.8 Å². The summed E-state index contributed by atoms with van der Waals surface area (Å²) >= 11 is 1.83. The zero-order valence-corrected chi connectivity index (χ0v) is 12.7. The molecular weight excluding hydrogens is 264 g/mol. The zero-order chi connectivity index (χ0) is 13.6. The van der Waals surface area contributed by atoms with Crippen LogP contribution in [0.25, 0.3) is 0 Å². The third-order valence-electron chi connectivity index (χ3n) is 4.00. The summed E-state index contributed by atoms with van der Waals surface area (Å²) in [6.07, 6.45) is 2.39. The highest BCUT2D eigenvalue weighted by molar-refractivity contribution is 7.09. The van der Waals surface area contributed by atoms with Gasteiger partial charge in [-0.05, 0) is 35.4 Å². The monoisotopic (exact) mass is 286 g/mol. The van der Waals surface area contributed by atoms with Gasteiger partial charge in [-0.1, -0.05) is 30.3 Å². The molecule has 1 aromatic carbocycles. The number of thiophene rings is 1. The van der Waals surface area contributed by atoms with E-state index in [9.17, 15) is 0 Å². The molecule has 3 heteroatoms. The van der Waals surface area contributed by atoms with Gasteiger partial charge in [0, 0.05) is 37.6 Å². The second kappa shape index (κ2) is 7.02. The van der Waals surface area contributed by atoms with Crippen molar-refractivity contribution in [2.75, 3.05) is 26.2 Å². The van der Waals surface area contributed by atoms with Crippen LogP contribution in [0.2, 0.25) is 0 Å². The van der Waals surface area contributed by atoms with Crippen molar-refractivity contribution in [1.29, 1.82) is 0 Å². The molecule has 0 amide bonds. The van der Waals surface area contributed by atoms with Crippen molar-refractivity contribution < 1.29 is 0 Å². The van der Waals surface area contributed by atoms with Gasteiger partial charge in [-0.2, -0.15) is 0 Å². The van der Waals surface area contributed by atoms with Gasteiger partial charge >= 0.3 is 0 Å². The first-order valence-corrected chi connectivity index (χ1v) is 8.32. The standard InChI is InChI=1S/C17H22N2S/c1-2-5-16-8-11-19(10-7-15(16)4-1)12-9-18-14-17-6-3-13-20-17/h1-6,13,18H,7-12,14H2. The first-order valence-electron chi connectivity index (χ1n) is 7.44. The molecule has 0 fully saturated rings. The lowest BCUT2D eigenvalue weighted by Crippen LogP contribution is -2.33. The van der Waals surface area contributed by atoms with E-state index in [0.717, 1.165) is 19.6 Å². The van der Waals surface area contributed by atoms with Crippen molar-refractivity contribution in [3.63, 3.8) is 0 Å². The Labute approximate surface area is 125 Å². The average molecular weight is 286 g/mol. The summed E-state index contributed by atoms with van der Waals surface area (Å²) in [5.74, 6) is 0. The van der Waals surface area contributed by atoms with Gasteiger partial charge < -0.3 is 10.2 Å². The fraction of sp³-hybridized carbons (Fsp3) is 0.412. The maximum absolute atomic E-state index is 3.55. The van der Waals surface area contributed by atoms with Gasteiger partial charge in [0.25, 0.3) is 0 Å². The van der Waals surface area contributed by atoms with Crippen LogP contribution < -0.4 is 5.32 Å². The van der Waals surface area contributed by atoms with Crippen LogP contribution in [0, 0.1) is 0 Å². The molecule has 1 aromatic heterocycles. The summed E-state index contributed by atoms with van der Waals surface area (Å²) in [6, 6.07) is 13.2. The van der Waals surface area contributed by atoms with Gasteiger partial charge in [-0.15, -0.1) is 11.3 Å². The van der Waals surface area contributed by atoms with E-state index in [1.807, 2.05) is 11.3 Å². The summed E-state index contributed by atoms with van der Waals surface area (Å²) in [7, 11) is 0. The largest absolute Gasteiger partial charge is 0.311 e. The van der Waals surface area contributed by atoms with Crippen LogP contribution >= 0.6 is 11.3 Å². The van der Waals surface area contributed by atoms with Gasteiger partial charge in [0.1, 0.15) is 0 Å². The minimum atomic E-state index is 1.01. The topological polar surface area (TPSA) is 15.3 Å². The Kier molecular flexibility index (Phi) is 4.85. The molecule has 1 aliphatic heterocycles. The fourth-order valence-electron chi connectivity index (χ4n) is 2.80.